The Morgan fingerprint density at radius 3 is 2.41 bits per heavy atom. The fraction of sp³-hybridized carbons (Fsp3) is 0.333. The van der Waals surface area contributed by atoms with E-state index >= 15 is 0 Å². The molecule has 3 N–H and O–H groups in total. The quantitative estimate of drug-likeness (QED) is 0.410. The summed E-state index contributed by atoms with van der Waals surface area (Å²) < 4.78 is 25.2. The lowest BCUT2D eigenvalue weighted by Crippen LogP contribution is -2.39. The average molecular weight is 470 g/mol. The molecule has 0 aliphatic heterocycles. The first kappa shape index (κ1) is 24.8. The predicted molar refractivity (Wildman–Crippen MR) is 128 cm³/mol. The average Bonchev–Trinajstić information content (AvgIpc) is 2.78. The summed E-state index contributed by atoms with van der Waals surface area (Å²) in [7, 11) is 1.56. The third kappa shape index (κ3) is 6.61. The van der Waals surface area contributed by atoms with Gasteiger partial charge in [-0.2, -0.15) is 0 Å². The zero-order chi connectivity index (χ0) is 24.7. The van der Waals surface area contributed by atoms with Crippen molar-refractivity contribution in [3.05, 3.63) is 48.5 Å². The molecular formula is C24H28FN5O4. The molecule has 0 unspecified atom stereocenters. The second-order valence-corrected chi connectivity index (χ2v) is 8.55. The zero-order valence-corrected chi connectivity index (χ0v) is 19.6. The van der Waals surface area contributed by atoms with E-state index in [1.54, 1.807) is 58.2 Å². The highest BCUT2D eigenvalue weighted by atomic mass is 19.1. The summed E-state index contributed by atoms with van der Waals surface area (Å²) in [6.45, 7) is 5.87. The molecule has 9 nitrogen and oxygen atoms in total. The molecule has 3 rings (SSSR count). The molecule has 180 valence electrons. The lowest BCUT2D eigenvalue weighted by Gasteiger charge is -2.17. The van der Waals surface area contributed by atoms with E-state index in [0.29, 0.717) is 41.7 Å². The van der Waals surface area contributed by atoms with Gasteiger partial charge in [-0.1, -0.05) is 20.8 Å². The summed E-state index contributed by atoms with van der Waals surface area (Å²) in [4.78, 5) is 32.3. The molecule has 0 fully saturated rings. The molecule has 0 bridgehead atoms. The van der Waals surface area contributed by atoms with Crippen LogP contribution in [0.4, 0.5) is 21.6 Å². The minimum Gasteiger partial charge on any atom is -0.491 e. The molecule has 1 heterocycles. The number of benzene rings is 2. The maximum atomic E-state index is 14.8. The molecule has 0 spiro atoms. The number of methoxy groups -OCH3 is 1. The normalized spacial score (nSPS) is 11.2. The first-order chi connectivity index (χ1) is 16.2. The van der Waals surface area contributed by atoms with Crippen molar-refractivity contribution in [2.45, 2.75) is 20.8 Å². The number of aromatic nitrogens is 2. The van der Waals surface area contributed by atoms with Crippen molar-refractivity contribution in [1.82, 2.24) is 15.3 Å². The number of fused-ring (bicyclic) bond motifs is 1. The smallest absolute Gasteiger partial charge is 0.243 e. The number of hydrogen-bond donors (Lipinski definition) is 3. The van der Waals surface area contributed by atoms with Crippen LogP contribution in [0.2, 0.25) is 0 Å². The summed E-state index contributed by atoms with van der Waals surface area (Å²) in [5.74, 6) is -0.418. The largest absolute Gasteiger partial charge is 0.491 e. The maximum absolute atomic E-state index is 14.8. The van der Waals surface area contributed by atoms with Crippen LogP contribution in [0, 0.1) is 11.2 Å². The molecule has 34 heavy (non-hydrogen) atoms. The Bertz CT molecular complexity index is 1160. The summed E-state index contributed by atoms with van der Waals surface area (Å²) >= 11 is 0. The lowest BCUT2D eigenvalue weighted by molar-refractivity contribution is -0.130. The molecule has 1 aromatic heterocycles. The SMILES string of the molecule is COCCOc1cc(F)c2c(Nc3ccc(NC(=O)CNC(=O)C(C)(C)C)cc3)ncnc2c1. The molecule has 0 radical (unpaired) electrons. The van der Waals surface area contributed by atoms with E-state index in [4.69, 9.17) is 9.47 Å². The van der Waals surface area contributed by atoms with Crippen LogP contribution in [-0.2, 0) is 14.3 Å². The Balaban J connectivity index is 1.66. The van der Waals surface area contributed by atoms with E-state index < -0.39 is 11.2 Å². The van der Waals surface area contributed by atoms with Crippen molar-refractivity contribution in [1.29, 1.82) is 0 Å². The second-order valence-electron chi connectivity index (χ2n) is 8.55. The van der Waals surface area contributed by atoms with Crippen molar-refractivity contribution in [3.63, 3.8) is 0 Å². The van der Waals surface area contributed by atoms with Gasteiger partial charge in [0.1, 0.15) is 30.3 Å². The Kier molecular flexibility index (Phi) is 7.95. The number of amides is 2. The molecule has 0 aliphatic rings. The third-order valence-electron chi connectivity index (χ3n) is 4.74. The number of nitrogens with zero attached hydrogens (tertiary/aromatic N) is 2. The van der Waals surface area contributed by atoms with Gasteiger partial charge < -0.3 is 25.4 Å². The Morgan fingerprint density at radius 1 is 1.03 bits per heavy atom. The van der Waals surface area contributed by atoms with Crippen LogP contribution >= 0.6 is 0 Å². The molecule has 0 saturated carbocycles. The maximum Gasteiger partial charge on any atom is 0.243 e. The Morgan fingerprint density at radius 2 is 1.74 bits per heavy atom. The zero-order valence-electron chi connectivity index (χ0n) is 19.6. The van der Waals surface area contributed by atoms with Gasteiger partial charge in [-0.05, 0) is 24.3 Å². The van der Waals surface area contributed by atoms with Gasteiger partial charge in [0, 0.05) is 36.0 Å². The van der Waals surface area contributed by atoms with Gasteiger partial charge in [0.25, 0.3) is 0 Å². The van der Waals surface area contributed by atoms with Crippen molar-refractivity contribution in [3.8, 4) is 5.75 Å². The van der Waals surface area contributed by atoms with E-state index in [1.807, 2.05) is 0 Å². The molecule has 0 saturated heterocycles. The highest BCUT2D eigenvalue weighted by Gasteiger charge is 2.21. The molecule has 0 atom stereocenters. The van der Waals surface area contributed by atoms with Crippen LogP contribution in [0.25, 0.3) is 10.9 Å². The van der Waals surface area contributed by atoms with Crippen molar-refractivity contribution in [2.75, 3.05) is 37.5 Å². The van der Waals surface area contributed by atoms with Gasteiger partial charge in [0.15, 0.2) is 0 Å². The van der Waals surface area contributed by atoms with Crippen LogP contribution in [-0.4, -0.2) is 48.7 Å². The minimum atomic E-state index is -0.573. The van der Waals surface area contributed by atoms with Crippen LogP contribution in [0.5, 0.6) is 5.75 Å². The minimum absolute atomic E-state index is 0.126. The van der Waals surface area contributed by atoms with Crippen molar-refractivity contribution < 1.29 is 23.5 Å². The van der Waals surface area contributed by atoms with E-state index in [1.165, 1.54) is 12.4 Å². The van der Waals surface area contributed by atoms with Gasteiger partial charge >= 0.3 is 0 Å². The molecule has 3 aromatic rings. The lowest BCUT2D eigenvalue weighted by atomic mass is 9.96. The Hall–Kier alpha value is -3.79. The fourth-order valence-corrected chi connectivity index (χ4v) is 2.94. The highest BCUT2D eigenvalue weighted by molar-refractivity contribution is 5.95. The number of hydrogen-bond acceptors (Lipinski definition) is 7. The van der Waals surface area contributed by atoms with Gasteiger partial charge in [-0.15, -0.1) is 0 Å². The predicted octanol–water partition coefficient (Wildman–Crippen LogP) is 3.64. The monoisotopic (exact) mass is 469 g/mol. The first-order valence-corrected chi connectivity index (χ1v) is 10.7. The number of anilines is 3. The van der Waals surface area contributed by atoms with E-state index in [0.717, 1.165) is 0 Å². The molecule has 2 amide bonds. The van der Waals surface area contributed by atoms with Gasteiger partial charge in [0.2, 0.25) is 11.8 Å². The number of halogens is 1. The molecule has 0 aliphatic carbocycles. The van der Waals surface area contributed by atoms with Crippen LogP contribution in [0.15, 0.2) is 42.7 Å². The molecular weight excluding hydrogens is 441 g/mol. The number of carbonyl (C=O) groups is 2. The topological polar surface area (TPSA) is 114 Å². The van der Waals surface area contributed by atoms with Crippen molar-refractivity contribution >= 4 is 39.9 Å². The third-order valence-corrected chi connectivity index (χ3v) is 4.74. The van der Waals surface area contributed by atoms with Gasteiger partial charge in [-0.3, -0.25) is 9.59 Å². The standard InChI is InChI=1S/C24H28FN5O4/c1-24(2,3)23(32)26-13-20(31)29-15-5-7-16(8-6-15)30-22-21-18(25)11-17(34-10-9-33-4)12-19(21)27-14-28-22/h5-8,11-12,14H,9-10,13H2,1-4H3,(H,26,32)(H,29,31)(H,27,28,30). The highest BCUT2D eigenvalue weighted by Crippen LogP contribution is 2.29. The van der Waals surface area contributed by atoms with Gasteiger partial charge in [0.05, 0.1) is 24.1 Å². The second kappa shape index (κ2) is 10.9. The summed E-state index contributed by atoms with van der Waals surface area (Å²) in [5.41, 5.74) is 1.01. The number of ether oxygens (including phenoxy) is 2. The first-order valence-electron chi connectivity index (χ1n) is 10.7. The van der Waals surface area contributed by atoms with E-state index in [2.05, 4.69) is 25.9 Å². The fourth-order valence-electron chi connectivity index (χ4n) is 2.94. The number of carbonyl (C=O) groups excluding carboxylic acids is 2. The van der Waals surface area contributed by atoms with E-state index in [9.17, 15) is 14.0 Å². The molecule has 10 heteroatoms. The van der Waals surface area contributed by atoms with Crippen molar-refractivity contribution in [2.24, 2.45) is 5.41 Å². The summed E-state index contributed by atoms with van der Waals surface area (Å²) in [6.07, 6.45) is 1.34. The molecule has 2 aromatic carbocycles. The summed E-state index contributed by atoms with van der Waals surface area (Å²) in [6, 6.07) is 9.73. The van der Waals surface area contributed by atoms with Gasteiger partial charge in [-0.25, -0.2) is 14.4 Å². The van der Waals surface area contributed by atoms with Crippen LogP contribution in [0.3, 0.4) is 0 Å². The van der Waals surface area contributed by atoms with Crippen LogP contribution < -0.4 is 20.7 Å². The van der Waals surface area contributed by atoms with E-state index in [-0.39, 0.29) is 23.7 Å². The van der Waals surface area contributed by atoms with Crippen LogP contribution in [0.1, 0.15) is 20.8 Å². The Labute approximate surface area is 197 Å². The number of rotatable bonds is 9. The summed E-state index contributed by atoms with van der Waals surface area (Å²) in [5, 5.41) is 8.62. The number of nitrogens with one attached hydrogen (secondary N) is 3.